The van der Waals surface area contributed by atoms with Crippen molar-refractivity contribution < 1.29 is 9.66 Å². The molecule has 0 heterocycles. The minimum absolute atomic E-state index is 0.158. The molecule has 0 radical (unpaired) electrons. The van der Waals surface area contributed by atoms with Crippen LogP contribution < -0.4 is 10.5 Å². The predicted octanol–water partition coefficient (Wildman–Crippen LogP) is 3.54. The number of nitrogens with zero attached hydrogens (tertiary/aromatic N) is 1. The third-order valence-corrected chi connectivity index (χ3v) is 2.94. The van der Waals surface area contributed by atoms with Crippen molar-refractivity contribution in [3.63, 3.8) is 0 Å². The van der Waals surface area contributed by atoms with Crippen molar-refractivity contribution in [2.75, 3.05) is 6.54 Å². The van der Waals surface area contributed by atoms with Crippen LogP contribution in [-0.4, -0.2) is 11.5 Å². The van der Waals surface area contributed by atoms with Crippen LogP contribution in [0.1, 0.15) is 5.56 Å². The summed E-state index contributed by atoms with van der Waals surface area (Å²) in [5, 5.41) is 11.3. The van der Waals surface area contributed by atoms with Gasteiger partial charge in [-0.3, -0.25) is 10.1 Å². The van der Waals surface area contributed by atoms with Gasteiger partial charge >= 0.3 is 5.69 Å². The Kier molecular flexibility index (Phi) is 4.55. The van der Waals surface area contributed by atoms with E-state index in [2.05, 4.69) is 0 Å². The summed E-state index contributed by atoms with van der Waals surface area (Å²) in [6.45, 7) is 0.572. The van der Waals surface area contributed by atoms with E-state index < -0.39 is 4.92 Å². The molecule has 2 aromatic carbocycles. The van der Waals surface area contributed by atoms with Crippen molar-refractivity contribution in [2.24, 2.45) is 5.73 Å². The number of halogens is 1. The molecule has 0 aliphatic carbocycles. The van der Waals surface area contributed by atoms with Crippen LogP contribution in [0.4, 0.5) is 5.69 Å². The summed E-state index contributed by atoms with van der Waals surface area (Å²) in [7, 11) is 0. The van der Waals surface area contributed by atoms with Crippen LogP contribution in [0.3, 0.4) is 0 Å². The van der Waals surface area contributed by atoms with Crippen LogP contribution in [0.15, 0.2) is 42.5 Å². The Balaban J connectivity index is 2.23. The van der Waals surface area contributed by atoms with Crippen molar-refractivity contribution in [3.8, 4) is 11.5 Å². The van der Waals surface area contributed by atoms with Gasteiger partial charge in [0.25, 0.3) is 0 Å². The predicted molar refractivity (Wildman–Crippen MR) is 77.4 cm³/mol. The molecule has 0 saturated carbocycles. The molecule has 0 aliphatic rings. The van der Waals surface area contributed by atoms with E-state index in [0.29, 0.717) is 17.3 Å². The smallest absolute Gasteiger partial charge is 0.313 e. The standard InChI is InChI=1S/C14H13ClN2O3/c15-11-3-6-14(13(9-11)17(18)19)20-12-4-1-10(2-5-12)7-8-16/h1-6,9H,7-8,16H2. The number of hydrogen-bond acceptors (Lipinski definition) is 4. The van der Waals surface area contributed by atoms with Crippen LogP contribution in [0.2, 0.25) is 5.02 Å². The summed E-state index contributed by atoms with van der Waals surface area (Å²) in [6.07, 6.45) is 0.779. The highest BCUT2D eigenvalue weighted by Crippen LogP contribution is 2.33. The Bertz CT molecular complexity index is 614. The molecule has 0 aliphatic heterocycles. The van der Waals surface area contributed by atoms with E-state index in [9.17, 15) is 10.1 Å². The first-order chi connectivity index (χ1) is 9.60. The lowest BCUT2D eigenvalue weighted by Crippen LogP contribution is -2.02. The third kappa shape index (κ3) is 3.46. The van der Waals surface area contributed by atoms with Gasteiger partial charge in [-0.1, -0.05) is 23.7 Å². The fraction of sp³-hybridized carbons (Fsp3) is 0.143. The molecule has 0 bridgehead atoms. The molecular formula is C14H13ClN2O3. The van der Waals surface area contributed by atoms with Gasteiger partial charge in [0.15, 0.2) is 0 Å². The number of nitro benzene ring substituents is 1. The van der Waals surface area contributed by atoms with Gasteiger partial charge in [-0.2, -0.15) is 0 Å². The lowest BCUT2D eigenvalue weighted by molar-refractivity contribution is -0.385. The molecule has 0 aromatic heterocycles. The Morgan fingerprint density at radius 2 is 1.90 bits per heavy atom. The zero-order valence-corrected chi connectivity index (χ0v) is 11.3. The van der Waals surface area contributed by atoms with Crippen molar-refractivity contribution in [2.45, 2.75) is 6.42 Å². The van der Waals surface area contributed by atoms with Crippen molar-refractivity contribution in [1.82, 2.24) is 0 Å². The van der Waals surface area contributed by atoms with E-state index in [4.69, 9.17) is 22.1 Å². The molecule has 0 unspecified atom stereocenters. The average Bonchev–Trinajstić information content (AvgIpc) is 2.43. The second-order valence-electron chi connectivity index (χ2n) is 4.15. The number of rotatable bonds is 5. The Hall–Kier alpha value is -2.11. The van der Waals surface area contributed by atoms with E-state index in [1.807, 2.05) is 12.1 Å². The van der Waals surface area contributed by atoms with Gasteiger partial charge in [-0.05, 0) is 42.8 Å². The minimum Gasteiger partial charge on any atom is -0.450 e. The zero-order chi connectivity index (χ0) is 14.5. The molecule has 0 spiro atoms. The van der Waals surface area contributed by atoms with E-state index in [1.54, 1.807) is 18.2 Å². The molecule has 6 heteroatoms. The van der Waals surface area contributed by atoms with Crippen molar-refractivity contribution >= 4 is 17.3 Å². The lowest BCUT2D eigenvalue weighted by Gasteiger charge is -2.07. The van der Waals surface area contributed by atoms with Crippen LogP contribution in [0.5, 0.6) is 11.5 Å². The largest absolute Gasteiger partial charge is 0.450 e. The highest BCUT2D eigenvalue weighted by atomic mass is 35.5. The van der Waals surface area contributed by atoms with Crippen molar-refractivity contribution in [3.05, 3.63) is 63.2 Å². The molecule has 104 valence electrons. The van der Waals surface area contributed by atoms with E-state index in [-0.39, 0.29) is 11.4 Å². The lowest BCUT2D eigenvalue weighted by atomic mass is 10.1. The van der Waals surface area contributed by atoms with Gasteiger partial charge in [0.1, 0.15) is 5.75 Å². The monoisotopic (exact) mass is 292 g/mol. The number of benzene rings is 2. The van der Waals surface area contributed by atoms with Gasteiger partial charge in [0, 0.05) is 11.1 Å². The normalized spacial score (nSPS) is 10.3. The third-order valence-electron chi connectivity index (χ3n) is 2.70. The number of nitrogens with two attached hydrogens (primary N) is 1. The molecular weight excluding hydrogens is 280 g/mol. The molecule has 5 nitrogen and oxygen atoms in total. The minimum atomic E-state index is -0.524. The summed E-state index contributed by atoms with van der Waals surface area (Å²) in [5.41, 5.74) is 6.40. The highest BCUT2D eigenvalue weighted by Gasteiger charge is 2.16. The molecule has 0 atom stereocenters. The summed E-state index contributed by atoms with van der Waals surface area (Å²) >= 11 is 5.75. The van der Waals surface area contributed by atoms with E-state index in [1.165, 1.54) is 12.1 Å². The fourth-order valence-electron chi connectivity index (χ4n) is 1.74. The fourth-order valence-corrected chi connectivity index (χ4v) is 1.90. The second kappa shape index (κ2) is 6.36. The topological polar surface area (TPSA) is 78.4 Å². The maximum Gasteiger partial charge on any atom is 0.313 e. The Morgan fingerprint density at radius 1 is 1.20 bits per heavy atom. The van der Waals surface area contributed by atoms with Crippen LogP contribution in [0, 0.1) is 10.1 Å². The van der Waals surface area contributed by atoms with E-state index >= 15 is 0 Å². The molecule has 0 amide bonds. The average molecular weight is 293 g/mol. The first-order valence-electron chi connectivity index (χ1n) is 6.01. The van der Waals surface area contributed by atoms with Crippen LogP contribution in [-0.2, 0) is 6.42 Å². The van der Waals surface area contributed by atoms with Gasteiger partial charge in [-0.15, -0.1) is 0 Å². The number of nitro groups is 1. The summed E-state index contributed by atoms with van der Waals surface area (Å²) < 4.78 is 5.53. The molecule has 0 saturated heterocycles. The Labute approximate surface area is 121 Å². The molecule has 2 N–H and O–H groups in total. The van der Waals surface area contributed by atoms with Gasteiger partial charge in [-0.25, -0.2) is 0 Å². The summed E-state index contributed by atoms with van der Waals surface area (Å²) in [6, 6.07) is 11.6. The van der Waals surface area contributed by atoms with Crippen LogP contribution >= 0.6 is 11.6 Å². The highest BCUT2D eigenvalue weighted by molar-refractivity contribution is 6.30. The molecule has 20 heavy (non-hydrogen) atoms. The quantitative estimate of drug-likeness (QED) is 0.675. The summed E-state index contributed by atoms with van der Waals surface area (Å²) in [4.78, 5) is 10.4. The first-order valence-corrected chi connectivity index (χ1v) is 6.39. The second-order valence-corrected chi connectivity index (χ2v) is 4.59. The maximum absolute atomic E-state index is 11.0. The molecule has 0 fully saturated rings. The van der Waals surface area contributed by atoms with Gasteiger partial charge < -0.3 is 10.5 Å². The maximum atomic E-state index is 11.0. The Morgan fingerprint density at radius 3 is 2.50 bits per heavy atom. The SMILES string of the molecule is NCCc1ccc(Oc2ccc(Cl)cc2[N+](=O)[O-])cc1. The number of hydrogen-bond donors (Lipinski definition) is 1. The van der Waals surface area contributed by atoms with Gasteiger partial charge in [0.2, 0.25) is 5.75 Å². The molecule has 2 rings (SSSR count). The van der Waals surface area contributed by atoms with Gasteiger partial charge in [0.05, 0.1) is 4.92 Å². The zero-order valence-electron chi connectivity index (χ0n) is 10.6. The number of ether oxygens (including phenoxy) is 1. The van der Waals surface area contributed by atoms with Crippen LogP contribution in [0.25, 0.3) is 0 Å². The van der Waals surface area contributed by atoms with E-state index in [0.717, 1.165) is 12.0 Å². The van der Waals surface area contributed by atoms with Crippen molar-refractivity contribution in [1.29, 1.82) is 0 Å². The first kappa shape index (κ1) is 14.3. The summed E-state index contributed by atoms with van der Waals surface area (Å²) in [5.74, 6) is 0.683. The molecule has 2 aromatic rings.